The predicted molar refractivity (Wildman–Crippen MR) is 120 cm³/mol. The molecule has 0 bridgehead atoms. The molecule has 0 saturated carbocycles. The van der Waals surface area contributed by atoms with Crippen LogP contribution in [0.4, 0.5) is 14.5 Å². The van der Waals surface area contributed by atoms with Crippen LogP contribution in [0.15, 0.2) is 36.5 Å². The highest BCUT2D eigenvalue weighted by molar-refractivity contribution is 5.99. The van der Waals surface area contributed by atoms with Crippen LogP contribution in [0.5, 0.6) is 5.75 Å². The first-order chi connectivity index (χ1) is 15.9. The zero-order valence-electron chi connectivity index (χ0n) is 18.5. The van der Waals surface area contributed by atoms with Crippen LogP contribution in [-0.4, -0.2) is 35.1 Å². The number of fused-ring (bicyclic) bond motifs is 2. The van der Waals surface area contributed by atoms with Crippen molar-refractivity contribution in [3.05, 3.63) is 70.7 Å². The number of nitrogens with zero attached hydrogens (tertiary/aromatic N) is 3. The SMILES string of the molecule is CC(C)N1C(=O)COc2c(F)cc(-c3nc(Cc4cnc5c(c4)CNCC5)ccc3F)cc21. The Kier molecular flexibility index (Phi) is 5.54. The molecule has 1 aromatic carbocycles. The van der Waals surface area contributed by atoms with E-state index in [2.05, 4.69) is 21.4 Å². The number of pyridine rings is 2. The minimum Gasteiger partial charge on any atom is -0.478 e. The molecule has 0 fully saturated rings. The number of hydrogen-bond donors (Lipinski definition) is 1. The Bertz CT molecular complexity index is 1250. The van der Waals surface area contributed by atoms with Crippen molar-refractivity contribution in [1.82, 2.24) is 15.3 Å². The maximum absolute atomic E-state index is 14.9. The molecule has 2 aromatic heterocycles. The molecule has 33 heavy (non-hydrogen) atoms. The molecule has 5 rings (SSSR count). The molecule has 2 aliphatic rings. The van der Waals surface area contributed by atoms with Crippen LogP contribution >= 0.6 is 0 Å². The molecule has 0 radical (unpaired) electrons. The van der Waals surface area contributed by atoms with E-state index in [9.17, 15) is 13.6 Å². The van der Waals surface area contributed by atoms with Crippen LogP contribution in [0, 0.1) is 11.6 Å². The summed E-state index contributed by atoms with van der Waals surface area (Å²) < 4.78 is 35.0. The molecule has 3 aromatic rings. The summed E-state index contributed by atoms with van der Waals surface area (Å²) in [6, 6.07) is 7.62. The van der Waals surface area contributed by atoms with Gasteiger partial charge in [-0.3, -0.25) is 9.78 Å². The molecule has 6 nitrogen and oxygen atoms in total. The van der Waals surface area contributed by atoms with Crippen molar-refractivity contribution in [2.24, 2.45) is 0 Å². The number of ether oxygens (including phenoxy) is 1. The molecule has 0 unspecified atom stereocenters. The number of carbonyl (C=O) groups excluding carboxylic acids is 1. The van der Waals surface area contributed by atoms with E-state index in [0.29, 0.717) is 12.1 Å². The van der Waals surface area contributed by atoms with Crippen LogP contribution in [0.3, 0.4) is 0 Å². The third-order valence-electron chi connectivity index (χ3n) is 5.94. The van der Waals surface area contributed by atoms with E-state index < -0.39 is 11.6 Å². The molecule has 0 atom stereocenters. The Morgan fingerprint density at radius 3 is 2.85 bits per heavy atom. The lowest BCUT2D eigenvalue weighted by Gasteiger charge is -2.33. The van der Waals surface area contributed by atoms with Crippen molar-refractivity contribution < 1.29 is 18.3 Å². The minimum atomic E-state index is -0.654. The van der Waals surface area contributed by atoms with Crippen LogP contribution in [-0.2, 0) is 24.2 Å². The van der Waals surface area contributed by atoms with Gasteiger partial charge in [-0.25, -0.2) is 13.8 Å². The van der Waals surface area contributed by atoms with Gasteiger partial charge < -0.3 is 15.0 Å². The van der Waals surface area contributed by atoms with Gasteiger partial charge in [-0.2, -0.15) is 0 Å². The first-order valence-electron chi connectivity index (χ1n) is 11.0. The Morgan fingerprint density at radius 1 is 1.18 bits per heavy atom. The summed E-state index contributed by atoms with van der Waals surface area (Å²) in [6.45, 7) is 5.14. The highest BCUT2D eigenvalue weighted by Crippen LogP contribution is 2.39. The molecule has 1 N–H and O–H groups in total. The molecular formula is C25H24F2N4O2. The third-order valence-corrected chi connectivity index (χ3v) is 5.94. The second-order valence-corrected chi connectivity index (χ2v) is 8.64. The molecule has 0 saturated heterocycles. The van der Waals surface area contributed by atoms with Gasteiger partial charge in [0.15, 0.2) is 18.2 Å². The lowest BCUT2D eigenvalue weighted by atomic mass is 10.0. The quantitative estimate of drug-likeness (QED) is 0.655. The summed E-state index contributed by atoms with van der Waals surface area (Å²) in [7, 11) is 0. The maximum atomic E-state index is 14.9. The van der Waals surface area contributed by atoms with Crippen molar-refractivity contribution in [2.45, 2.75) is 39.3 Å². The van der Waals surface area contributed by atoms with Crippen molar-refractivity contribution in [3.63, 3.8) is 0 Å². The molecule has 170 valence electrons. The summed E-state index contributed by atoms with van der Waals surface area (Å²) in [5.74, 6) is -1.49. The van der Waals surface area contributed by atoms with Crippen LogP contribution < -0.4 is 15.0 Å². The third kappa shape index (κ3) is 4.06. The molecule has 8 heteroatoms. The zero-order chi connectivity index (χ0) is 23.1. The standard InChI is InChI=1S/C25H24F2N4O2/c1-14(2)31-22-10-16(9-20(27)25(22)33-13-23(31)32)24-19(26)4-3-18(30-24)8-15-7-17-12-28-6-5-21(17)29-11-15/h3-4,7,9-11,14,28H,5-6,8,12-13H2,1-2H3. The largest absolute Gasteiger partial charge is 0.478 e. The fourth-order valence-corrected chi connectivity index (χ4v) is 4.43. The van der Waals surface area contributed by atoms with E-state index in [1.165, 1.54) is 17.0 Å². The zero-order valence-corrected chi connectivity index (χ0v) is 18.5. The highest BCUT2D eigenvalue weighted by atomic mass is 19.1. The van der Waals surface area contributed by atoms with Gasteiger partial charge in [0, 0.05) is 55.1 Å². The van der Waals surface area contributed by atoms with Crippen molar-refractivity contribution in [2.75, 3.05) is 18.1 Å². The molecule has 1 amide bonds. The van der Waals surface area contributed by atoms with Gasteiger partial charge in [0.1, 0.15) is 11.5 Å². The average Bonchev–Trinajstić information content (AvgIpc) is 2.79. The first kappa shape index (κ1) is 21.5. The van der Waals surface area contributed by atoms with Gasteiger partial charge in [0.2, 0.25) is 0 Å². The number of nitrogens with one attached hydrogen (secondary N) is 1. The minimum absolute atomic E-state index is 0.00245. The monoisotopic (exact) mass is 450 g/mol. The van der Waals surface area contributed by atoms with E-state index in [0.717, 1.165) is 36.3 Å². The summed E-state index contributed by atoms with van der Waals surface area (Å²) in [5, 5.41) is 3.34. The number of carbonyl (C=O) groups is 1. The fraction of sp³-hybridized carbons (Fsp3) is 0.320. The Labute approximate surface area is 190 Å². The summed E-state index contributed by atoms with van der Waals surface area (Å²) in [5.41, 5.74) is 4.45. The van der Waals surface area contributed by atoms with Crippen LogP contribution in [0.1, 0.15) is 36.4 Å². The van der Waals surface area contributed by atoms with Crippen molar-refractivity contribution in [1.29, 1.82) is 0 Å². The smallest absolute Gasteiger partial charge is 0.265 e. The summed E-state index contributed by atoms with van der Waals surface area (Å²) in [4.78, 5) is 22.9. The first-order valence-corrected chi connectivity index (χ1v) is 11.0. The van der Waals surface area contributed by atoms with E-state index in [-0.39, 0.29) is 41.3 Å². The van der Waals surface area contributed by atoms with E-state index in [4.69, 9.17) is 4.74 Å². The summed E-state index contributed by atoms with van der Waals surface area (Å²) >= 11 is 0. The van der Waals surface area contributed by atoms with E-state index in [1.54, 1.807) is 12.1 Å². The lowest BCUT2D eigenvalue weighted by molar-refractivity contribution is -0.121. The highest BCUT2D eigenvalue weighted by Gasteiger charge is 2.31. The number of anilines is 1. The second-order valence-electron chi connectivity index (χ2n) is 8.64. The van der Waals surface area contributed by atoms with Crippen molar-refractivity contribution >= 4 is 11.6 Å². The molecule has 0 spiro atoms. The van der Waals surface area contributed by atoms with E-state index in [1.807, 2.05) is 20.0 Å². The number of halogens is 2. The van der Waals surface area contributed by atoms with Gasteiger partial charge in [-0.15, -0.1) is 0 Å². The number of rotatable bonds is 4. The van der Waals surface area contributed by atoms with Gasteiger partial charge in [-0.1, -0.05) is 6.07 Å². The van der Waals surface area contributed by atoms with Crippen molar-refractivity contribution in [3.8, 4) is 17.0 Å². The molecular weight excluding hydrogens is 426 g/mol. The Morgan fingerprint density at radius 2 is 2.03 bits per heavy atom. The van der Waals surface area contributed by atoms with Crippen LogP contribution in [0.25, 0.3) is 11.3 Å². The van der Waals surface area contributed by atoms with Gasteiger partial charge in [0.25, 0.3) is 5.91 Å². The second kappa shape index (κ2) is 8.51. The fourth-order valence-electron chi connectivity index (χ4n) is 4.43. The maximum Gasteiger partial charge on any atom is 0.265 e. The number of benzene rings is 1. The van der Waals surface area contributed by atoms with Gasteiger partial charge >= 0.3 is 0 Å². The number of amides is 1. The average molecular weight is 450 g/mol. The Hall–Kier alpha value is -3.39. The van der Waals surface area contributed by atoms with Crippen LogP contribution in [0.2, 0.25) is 0 Å². The normalized spacial score (nSPS) is 15.3. The lowest BCUT2D eigenvalue weighted by Crippen LogP contribution is -2.43. The summed E-state index contributed by atoms with van der Waals surface area (Å²) in [6.07, 6.45) is 3.20. The topological polar surface area (TPSA) is 67.4 Å². The molecule has 0 aliphatic carbocycles. The molecule has 4 heterocycles. The number of aromatic nitrogens is 2. The number of hydrogen-bond acceptors (Lipinski definition) is 5. The Balaban J connectivity index is 1.51. The van der Waals surface area contributed by atoms with E-state index >= 15 is 0 Å². The van der Waals surface area contributed by atoms with Gasteiger partial charge in [-0.05, 0) is 49.2 Å². The predicted octanol–water partition coefficient (Wildman–Crippen LogP) is 3.79. The molecule has 2 aliphatic heterocycles. The van der Waals surface area contributed by atoms with Gasteiger partial charge in [0.05, 0.1) is 5.69 Å².